The number of unbranched alkanes of at least 4 members (excludes halogenated alkanes) is 6. The van der Waals surface area contributed by atoms with Crippen LogP contribution < -0.4 is 0 Å². The molecule has 0 aliphatic heterocycles. The molecule has 0 nitrogen and oxygen atoms in total. The minimum Gasteiger partial charge on any atom is -0.103 e. The molecule has 0 aromatic carbocycles. The Labute approximate surface area is 96.5 Å². The van der Waals surface area contributed by atoms with Gasteiger partial charge in [0.1, 0.15) is 0 Å². The molecular weight excluding hydrogens is 180 g/mol. The average Bonchev–Trinajstić information content (AvgIpc) is 2.26. The minimum atomic E-state index is 0.630. The van der Waals surface area contributed by atoms with Crippen molar-refractivity contribution in [2.24, 2.45) is 5.92 Å². The molecule has 88 valence electrons. The van der Waals surface area contributed by atoms with Gasteiger partial charge >= 0.3 is 0 Å². The summed E-state index contributed by atoms with van der Waals surface area (Å²) in [5.74, 6) is 0.630. The molecule has 1 unspecified atom stereocenters. The minimum absolute atomic E-state index is 0.630. The van der Waals surface area contributed by atoms with Crippen LogP contribution in [0.1, 0.15) is 65.2 Å². The summed E-state index contributed by atoms with van der Waals surface area (Å²) in [6, 6.07) is 0. The summed E-state index contributed by atoms with van der Waals surface area (Å²) in [5, 5.41) is 0. The monoisotopic (exact) mass is 208 g/mol. The highest BCUT2D eigenvalue weighted by Gasteiger charge is 1.90. The van der Waals surface area contributed by atoms with Gasteiger partial charge in [0.2, 0.25) is 0 Å². The summed E-state index contributed by atoms with van der Waals surface area (Å²) in [4.78, 5) is 0. The van der Waals surface area contributed by atoms with Crippen LogP contribution in [0.2, 0.25) is 0 Å². The van der Waals surface area contributed by atoms with Gasteiger partial charge in [0.05, 0.1) is 0 Å². The first-order valence-electron chi connectivity index (χ1n) is 6.58. The SMILES string of the molecule is C=CC(C)CC=CCCCCCCCC. The van der Waals surface area contributed by atoms with Crippen molar-refractivity contribution in [1.29, 1.82) is 0 Å². The van der Waals surface area contributed by atoms with E-state index in [0.717, 1.165) is 6.42 Å². The van der Waals surface area contributed by atoms with Crippen molar-refractivity contribution in [2.75, 3.05) is 0 Å². The van der Waals surface area contributed by atoms with E-state index in [1.807, 2.05) is 6.08 Å². The van der Waals surface area contributed by atoms with Crippen LogP contribution in [0.4, 0.5) is 0 Å². The summed E-state index contributed by atoms with van der Waals surface area (Å²) >= 11 is 0. The molecule has 0 radical (unpaired) electrons. The Morgan fingerprint density at radius 2 is 1.67 bits per heavy atom. The van der Waals surface area contributed by atoms with Crippen LogP contribution in [-0.2, 0) is 0 Å². The van der Waals surface area contributed by atoms with Crippen molar-refractivity contribution in [1.82, 2.24) is 0 Å². The van der Waals surface area contributed by atoms with Crippen molar-refractivity contribution in [3.63, 3.8) is 0 Å². The predicted octanol–water partition coefficient (Wildman–Crippen LogP) is 5.51. The molecule has 0 aromatic heterocycles. The second-order valence-corrected chi connectivity index (χ2v) is 4.48. The van der Waals surface area contributed by atoms with Crippen molar-refractivity contribution in [3.8, 4) is 0 Å². The largest absolute Gasteiger partial charge is 0.103 e. The van der Waals surface area contributed by atoms with E-state index in [1.165, 1.54) is 44.9 Å². The summed E-state index contributed by atoms with van der Waals surface area (Å²) in [5.41, 5.74) is 0. The second kappa shape index (κ2) is 11.6. The van der Waals surface area contributed by atoms with E-state index < -0.39 is 0 Å². The van der Waals surface area contributed by atoms with Crippen molar-refractivity contribution in [3.05, 3.63) is 24.8 Å². The zero-order valence-corrected chi connectivity index (χ0v) is 10.7. The molecular formula is C15H28. The third kappa shape index (κ3) is 11.4. The Bertz CT molecular complexity index is 155. The van der Waals surface area contributed by atoms with Crippen LogP contribution in [-0.4, -0.2) is 0 Å². The van der Waals surface area contributed by atoms with E-state index in [1.54, 1.807) is 0 Å². The first kappa shape index (κ1) is 14.5. The molecule has 0 aromatic rings. The van der Waals surface area contributed by atoms with Crippen molar-refractivity contribution < 1.29 is 0 Å². The van der Waals surface area contributed by atoms with Gasteiger partial charge in [0.25, 0.3) is 0 Å². The zero-order valence-electron chi connectivity index (χ0n) is 10.7. The summed E-state index contributed by atoms with van der Waals surface area (Å²) < 4.78 is 0. The van der Waals surface area contributed by atoms with Crippen LogP contribution in [0.5, 0.6) is 0 Å². The second-order valence-electron chi connectivity index (χ2n) is 4.48. The van der Waals surface area contributed by atoms with Crippen LogP contribution >= 0.6 is 0 Å². The van der Waals surface area contributed by atoms with Crippen LogP contribution in [0.25, 0.3) is 0 Å². The lowest BCUT2D eigenvalue weighted by Gasteiger charge is -1.99. The Hall–Kier alpha value is -0.520. The highest BCUT2D eigenvalue weighted by atomic mass is 14.0. The maximum absolute atomic E-state index is 3.78. The van der Waals surface area contributed by atoms with Gasteiger partial charge in [-0.05, 0) is 25.2 Å². The first-order chi connectivity index (χ1) is 7.31. The lowest BCUT2D eigenvalue weighted by molar-refractivity contribution is 0.610. The van der Waals surface area contributed by atoms with Crippen molar-refractivity contribution in [2.45, 2.75) is 65.2 Å². The molecule has 0 saturated heterocycles. The number of hydrogen-bond donors (Lipinski definition) is 0. The Morgan fingerprint density at radius 1 is 1.00 bits per heavy atom. The molecule has 0 rings (SSSR count). The third-order valence-corrected chi connectivity index (χ3v) is 2.80. The third-order valence-electron chi connectivity index (χ3n) is 2.80. The van der Waals surface area contributed by atoms with Crippen LogP contribution in [0, 0.1) is 5.92 Å². The normalized spacial score (nSPS) is 13.2. The van der Waals surface area contributed by atoms with E-state index in [4.69, 9.17) is 0 Å². The first-order valence-corrected chi connectivity index (χ1v) is 6.58. The number of allylic oxidation sites excluding steroid dienone is 3. The van der Waals surface area contributed by atoms with Gasteiger partial charge in [-0.15, -0.1) is 6.58 Å². The Kier molecular flexibility index (Phi) is 11.2. The highest BCUT2D eigenvalue weighted by molar-refractivity contribution is 4.87. The fourth-order valence-electron chi connectivity index (χ4n) is 1.57. The molecule has 0 aliphatic carbocycles. The lowest BCUT2D eigenvalue weighted by atomic mass is 10.1. The molecule has 0 bridgehead atoms. The molecule has 0 spiro atoms. The molecule has 0 amide bonds. The standard InChI is InChI=1S/C15H28/c1-4-6-7-8-9-10-11-12-13-14-15(3)5-2/h5,12-13,15H,2,4,6-11,14H2,1,3H3. The molecule has 1 atom stereocenters. The smallest absolute Gasteiger partial charge is 0.0230 e. The molecule has 15 heavy (non-hydrogen) atoms. The quantitative estimate of drug-likeness (QED) is 0.328. The molecule has 0 heterocycles. The summed E-state index contributed by atoms with van der Waals surface area (Å²) in [6.45, 7) is 8.26. The van der Waals surface area contributed by atoms with Crippen LogP contribution in [0.15, 0.2) is 24.8 Å². The van der Waals surface area contributed by atoms with E-state index >= 15 is 0 Å². The maximum Gasteiger partial charge on any atom is -0.0230 e. The summed E-state index contributed by atoms with van der Waals surface area (Å²) in [7, 11) is 0. The summed E-state index contributed by atoms with van der Waals surface area (Å²) in [6.07, 6.45) is 17.4. The van der Waals surface area contributed by atoms with Gasteiger partial charge in [-0.3, -0.25) is 0 Å². The van der Waals surface area contributed by atoms with Gasteiger partial charge in [-0.2, -0.15) is 0 Å². The molecule has 0 heteroatoms. The molecule has 0 saturated carbocycles. The van der Waals surface area contributed by atoms with Gasteiger partial charge in [-0.1, -0.05) is 64.2 Å². The zero-order chi connectivity index (χ0) is 11.4. The Balaban J connectivity index is 3.12. The average molecular weight is 208 g/mol. The molecule has 0 N–H and O–H groups in total. The fraction of sp³-hybridized carbons (Fsp3) is 0.733. The van der Waals surface area contributed by atoms with E-state index in [0.29, 0.717) is 5.92 Å². The van der Waals surface area contributed by atoms with Gasteiger partial charge in [0.15, 0.2) is 0 Å². The fourth-order valence-corrected chi connectivity index (χ4v) is 1.57. The maximum atomic E-state index is 3.78. The van der Waals surface area contributed by atoms with Gasteiger partial charge < -0.3 is 0 Å². The Morgan fingerprint density at radius 3 is 2.33 bits per heavy atom. The number of hydrogen-bond acceptors (Lipinski definition) is 0. The van der Waals surface area contributed by atoms with Gasteiger partial charge in [0, 0.05) is 0 Å². The topological polar surface area (TPSA) is 0 Å². The predicted molar refractivity (Wildman–Crippen MR) is 71.1 cm³/mol. The van der Waals surface area contributed by atoms with E-state index in [2.05, 4.69) is 32.6 Å². The molecule has 0 fully saturated rings. The van der Waals surface area contributed by atoms with E-state index in [-0.39, 0.29) is 0 Å². The number of rotatable bonds is 10. The molecule has 0 aliphatic rings. The lowest BCUT2D eigenvalue weighted by Crippen LogP contribution is -1.84. The van der Waals surface area contributed by atoms with Gasteiger partial charge in [-0.25, -0.2) is 0 Å². The van der Waals surface area contributed by atoms with Crippen LogP contribution in [0.3, 0.4) is 0 Å². The highest BCUT2D eigenvalue weighted by Crippen LogP contribution is 2.08. The van der Waals surface area contributed by atoms with E-state index in [9.17, 15) is 0 Å². The van der Waals surface area contributed by atoms with Crippen molar-refractivity contribution >= 4 is 0 Å².